The van der Waals surface area contributed by atoms with Gasteiger partial charge in [0.25, 0.3) is 5.91 Å². The molecule has 4 aromatic carbocycles. The third-order valence-corrected chi connectivity index (χ3v) is 5.25. The zero-order chi connectivity index (χ0) is 23.2. The molecule has 0 saturated carbocycles. The molecule has 1 amide bonds. The Balaban J connectivity index is 1.68. The van der Waals surface area contributed by atoms with Gasteiger partial charge < -0.3 is 10.1 Å². The van der Waals surface area contributed by atoms with Gasteiger partial charge in [-0.25, -0.2) is 4.39 Å². The summed E-state index contributed by atoms with van der Waals surface area (Å²) in [6.07, 6.45) is 1.51. The second kappa shape index (κ2) is 9.99. The van der Waals surface area contributed by atoms with E-state index >= 15 is 0 Å². The van der Waals surface area contributed by atoms with Crippen LogP contribution in [0.4, 0.5) is 10.1 Å². The van der Waals surface area contributed by atoms with E-state index in [0.717, 1.165) is 16.3 Å². The van der Waals surface area contributed by atoms with Crippen molar-refractivity contribution in [2.75, 3.05) is 5.32 Å². The Labute approximate surface area is 195 Å². The topological polar surface area (TPSA) is 62.1 Å². The fourth-order valence-electron chi connectivity index (χ4n) is 3.32. The van der Waals surface area contributed by atoms with Crippen molar-refractivity contribution < 1.29 is 13.9 Å². The van der Waals surface area contributed by atoms with Crippen LogP contribution in [-0.4, -0.2) is 5.91 Å². The summed E-state index contributed by atoms with van der Waals surface area (Å²) in [4.78, 5) is 12.7. The van der Waals surface area contributed by atoms with E-state index in [1.54, 1.807) is 12.1 Å². The molecule has 4 aromatic rings. The summed E-state index contributed by atoms with van der Waals surface area (Å²) in [6.45, 7) is 0.292. The van der Waals surface area contributed by atoms with Gasteiger partial charge in [0.1, 0.15) is 29.8 Å². The number of hydrogen-bond donors (Lipinski definition) is 1. The van der Waals surface area contributed by atoms with Crippen LogP contribution in [0, 0.1) is 17.1 Å². The molecule has 0 aliphatic carbocycles. The van der Waals surface area contributed by atoms with Crippen molar-refractivity contribution in [3.8, 4) is 11.8 Å². The summed E-state index contributed by atoms with van der Waals surface area (Å²) >= 11 is 5.95. The largest absolute Gasteiger partial charge is 0.488 e. The first-order valence-electron chi connectivity index (χ1n) is 10.1. The van der Waals surface area contributed by atoms with Crippen LogP contribution in [0.5, 0.6) is 5.75 Å². The zero-order valence-electron chi connectivity index (χ0n) is 17.4. The second-order valence-electron chi connectivity index (χ2n) is 7.24. The van der Waals surface area contributed by atoms with Crippen LogP contribution in [0.15, 0.2) is 90.5 Å². The maximum Gasteiger partial charge on any atom is 0.266 e. The molecule has 4 nitrogen and oxygen atoms in total. The minimum Gasteiger partial charge on any atom is -0.488 e. The number of rotatable bonds is 6. The lowest BCUT2D eigenvalue weighted by Gasteiger charge is -2.13. The molecule has 0 atom stereocenters. The highest BCUT2D eigenvalue weighted by molar-refractivity contribution is 6.30. The Morgan fingerprint density at radius 1 is 1.00 bits per heavy atom. The second-order valence-corrected chi connectivity index (χ2v) is 7.68. The van der Waals surface area contributed by atoms with E-state index in [1.165, 1.54) is 30.3 Å². The third-order valence-electron chi connectivity index (χ3n) is 4.99. The number of nitriles is 1. The summed E-state index contributed by atoms with van der Waals surface area (Å²) in [6, 6.07) is 26.0. The number of fused-ring (bicyclic) bond motifs is 1. The normalized spacial score (nSPS) is 11.1. The number of nitrogens with zero attached hydrogens (tertiary/aromatic N) is 1. The molecule has 6 heteroatoms. The van der Waals surface area contributed by atoms with Gasteiger partial charge in [-0.1, -0.05) is 54.1 Å². The molecular formula is C27H18ClFN2O2. The standard InChI is InChI=1S/C27H18ClFN2O2/c28-21-8-5-18(6-9-21)17-33-26-14-7-19-3-1-2-4-24(19)25(26)15-20(16-30)27(32)31-23-12-10-22(29)11-13-23/h1-15H,17H2,(H,31,32). The highest BCUT2D eigenvalue weighted by Crippen LogP contribution is 2.31. The van der Waals surface area contributed by atoms with Gasteiger partial charge in [0.15, 0.2) is 0 Å². The van der Waals surface area contributed by atoms with Gasteiger partial charge in [-0.05, 0) is 64.9 Å². The summed E-state index contributed by atoms with van der Waals surface area (Å²) in [5.74, 6) is -0.478. The van der Waals surface area contributed by atoms with Crippen LogP contribution in [0.1, 0.15) is 11.1 Å². The average Bonchev–Trinajstić information content (AvgIpc) is 2.84. The van der Waals surface area contributed by atoms with E-state index in [9.17, 15) is 14.4 Å². The van der Waals surface area contributed by atoms with E-state index in [2.05, 4.69) is 5.32 Å². The maximum atomic E-state index is 13.1. The Morgan fingerprint density at radius 2 is 1.73 bits per heavy atom. The monoisotopic (exact) mass is 456 g/mol. The molecule has 0 fully saturated rings. The maximum absolute atomic E-state index is 13.1. The number of nitrogens with one attached hydrogen (secondary N) is 1. The number of hydrogen-bond acceptors (Lipinski definition) is 3. The van der Waals surface area contributed by atoms with Crippen LogP contribution < -0.4 is 10.1 Å². The number of ether oxygens (including phenoxy) is 1. The number of benzene rings is 4. The first-order valence-corrected chi connectivity index (χ1v) is 10.5. The van der Waals surface area contributed by atoms with Gasteiger partial charge in [-0.2, -0.15) is 5.26 Å². The molecule has 0 aromatic heterocycles. The SMILES string of the molecule is N#CC(=Cc1c(OCc2ccc(Cl)cc2)ccc2ccccc12)C(=O)Nc1ccc(F)cc1. The molecule has 0 radical (unpaired) electrons. The molecule has 0 heterocycles. The molecule has 0 bridgehead atoms. The predicted molar refractivity (Wildman–Crippen MR) is 128 cm³/mol. The minimum absolute atomic E-state index is 0.105. The lowest BCUT2D eigenvalue weighted by molar-refractivity contribution is -0.112. The number of carbonyl (C=O) groups excluding carboxylic acids is 1. The van der Waals surface area contributed by atoms with Crippen molar-refractivity contribution in [3.63, 3.8) is 0 Å². The van der Waals surface area contributed by atoms with Crippen LogP contribution in [-0.2, 0) is 11.4 Å². The molecule has 4 rings (SSSR count). The highest BCUT2D eigenvalue weighted by atomic mass is 35.5. The number of carbonyl (C=O) groups is 1. The summed E-state index contributed by atoms with van der Waals surface area (Å²) in [5.41, 5.74) is 1.83. The van der Waals surface area contributed by atoms with Gasteiger partial charge in [0.05, 0.1) is 0 Å². The Morgan fingerprint density at radius 3 is 2.45 bits per heavy atom. The fourth-order valence-corrected chi connectivity index (χ4v) is 3.44. The van der Waals surface area contributed by atoms with Crippen molar-refractivity contribution >= 4 is 40.0 Å². The first kappa shape index (κ1) is 22.1. The van der Waals surface area contributed by atoms with Gasteiger partial charge in [0, 0.05) is 16.3 Å². The van der Waals surface area contributed by atoms with Crippen molar-refractivity contribution in [1.82, 2.24) is 0 Å². The Bertz CT molecular complexity index is 1370. The van der Waals surface area contributed by atoms with E-state index in [1.807, 2.05) is 54.6 Å². The van der Waals surface area contributed by atoms with Crippen LogP contribution in [0.25, 0.3) is 16.8 Å². The van der Waals surface area contributed by atoms with Gasteiger partial charge in [-0.15, -0.1) is 0 Å². The number of anilines is 1. The summed E-state index contributed by atoms with van der Waals surface area (Å²) in [5, 5.41) is 14.7. The number of amides is 1. The predicted octanol–water partition coefficient (Wildman–Crippen LogP) is 6.76. The summed E-state index contributed by atoms with van der Waals surface area (Å²) < 4.78 is 19.2. The first-order chi connectivity index (χ1) is 16.0. The molecule has 162 valence electrons. The van der Waals surface area contributed by atoms with Crippen molar-refractivity contribution in [2.24, 2.45) is 0 Å². The third kappa shape index (κ3) is 5.38. The fraction of sp³-hybridized carbons (Fsp3) is 0.0370. The van der Waals surface area contributed by atoms with E-state index in [0.29, 0.717) is 28.6 Å². The van der Waals surface area contributed by atoms with Crippen LogP contribution in [0.3, 0.4) is 0 Å². The molecule has 0 unspecified atom stereocenters. The zero-order valence-corrected chi connectivity index (χ0v) is 18.1. The van der Waals surface area contributed by atoms with Gasteiger partial charge >= 0.3 is 0 Å². The Kier molecular flexibility index (Phi) is 6.68. The lowest BCUT2D eigenvalue weighted by Crippen LogP contribution is -2.13. The molecular weight excluding hydrogens is 439 g/mol. The number of halogens is 2. The molecule has 0 spiro atoms. The Hall–Kier alpha value is -4.14. The lowest BCUT2D eigenvalue weighted by atomic mass is 10.0. The van der Waals surface area contributed by atoms with Crippen molar-refractivity contribution in [3.05, 3.63) is 112 Å². The van der Waals surface area contributed by atoms with Crippen LogP contribution >= 0.6 is 11.6 Å². The average molecular weight is 457 g/mol. The van der Waals surface area contributed by atoms with Gasteiger partial charge in [0.2, 0.25) is 0 Å². The summed E-state index contributed by atoms with van der Waals surface area (Å²) in [7, 11) is 0. The van der Waals surface area contributed by atoms with Crippen molar-refractivity contribution in [1.29, 1.82) is 5.26 Å². The van der Waals surface area contributed by atoms with Gasteiger partial charge in [-0.3, -0.25) is 4.79 Å². The highest BCUT2D eigenvalue weighted by Gasteiger charge is 2.14. The quantitative estimate of drug-likeness (QED) is 0.257. The molecule has 0 saturated heterocycles. The molecule has 1 N–H and O–H groups in total. The van der Waals surface area contributed by atoms with E-state index in [-0.39, 0.29) is 5.57 Å². The van der Waals surface area contributed by atoms with E-state index < -0.39 is 11.7 Å². The molecule has 33 heavy (non-hydrogen) atoms. The smallest absolute Gasteiger partial charge is 0.266 e. The van der Waals surface area contributed by atoms with E-state index in [4.69, 9.17) is 16.3 Å². The van der Waals surface area contributed by atoms with Crippen LogP contribution in [0.2, 0.25) is 5.02 Å². The minimum atomic E-state index is -0.597. The molecule has 0 aliphatic rings. The molecule has 0 aliphatic heterocycles. The van der Waals surface area contributed by atoms with Crippen molar-refractivity contribution in [2.45, 2.75) is 6.61 Å².